The molecule has 3 heteroatoms. The maximum absolute atomic E-state index is 6.02. The SMILES string of the molecule is Brc1c(OC2CCCOC2)ccc2ccccc12. The van der Waals surface area contributed by atoms with Crippen molar-refractivity contribution in [3.8, 4) is 5.75 Å². The molecule has 1 aliphatic heterocycles. The highest BCUT2D eigenvalue weighted by atomic mass is 79.9. The molecule has 2 nitrogen and oxygen atoms in total. The number of fused-ring (bicyclic) bond motifs is 1. The van der Waals surface area contributed by atoms with Gasteiger partial charge in [-0.3, -0.25) is 0 Å². The minimum absolute atomic E-state index is 0.177. The van der Waals surface area contributed by atoms with Crippen LogP contribution in [-0.2, 0) is 4.74 Å². The van der Waals surface area contributed by atoms with Gasteiger partial charge in [0.2, 0.25) is 0 Å². The Bertz CT molecular complexity index is 547. The van der Waals surface area contributed by atoms with E-state index in [1.54, 1.807) is 0 Å². The van der Waals surface area contributed by atoms with E-state index in [0.717, 1.165) is 29.7 Å². The first kappa shape index (κ1) is 12.0. The molecule has 1 atom stereocenters. The van der Waals surface area contributed by atoms with Crippen molar-refractivity contribution in [2.75, 3.05) is 13.2 Å². The third-order valence-corrected chi connectivity index (χ3v) is 4.06. The van der Waals surface area contributed by atoms with Gasteiger partial charge in [-0.05, 0) is 45.6 Å². The van der Waals surface area contributed by atoms with Crippen LogP contribution >= 0.6 is 15.9 Å². The highest BCUT2D eigenvalue weighted by Gasteiger charge is 2.17. The third kappa shape index (κ3) is 2.38. The molecule has 2 aromatic rings. The molecule has 0 aromatic heterocycles. The average Bonchev–Trinajstić information content (AvgIpc) is 2.43. The van der Waals surface area contributed by atoms with Crippen LogP contribution in [0.1, 0.15) is 12.8 Å². The van der Waals surface area contributed by atoms with Gasteiger partial charge in [-0.25, -0.2) is 0 Å². The normalized spacial score (nSPS) is 19.9. The van der Waals surface area contributed by atoms with Crippen molar-refractivity contribution in [3.63, 3.8) is 0 Å². The fourth-order valence-corrected chi connectivity index (χ4v) is 2.87. The van der Waals surface area contributed by atoms with Crippen LogP contribution in [0, 0.1) is 0 Å². The first-order chi connectivity index (χ1) is 8.84. The molecule has 0 aliphatic carbocycles. The summed E-state index contributed by atoms with van der Waals surface area (Å²) in [6.45, 7) is 1.55. The molecule has 1 unspecified atom stereocenters. The molecule has 0 radical (unpaired) electrons. The first-order valence-corrected chi connectivity index (χ1v) is 7.05. The zero-order chi connectivity index (χ0) is 12.4. The molecule has 1 saturated heterocycles. The molecule has 0 saturated carbocycles. The molecule has 18 heavy (non-hydrogen) atoms. The van der Waals surface area contributed by atoms with Crippen molar-refractivity contribution in [1.82, 2.24) is 0 Å². The van der Waals surface area contributed by atoms with E-state index in [1.165, 1.54) is 10.8 Å². The highest BCUT2D eigenvalue weighted by Crippen LogP contribution is 2.34. The van der Waals surface area contributed by atoms with Crippen LogP contribution in [-0.4, -0.2) is 19.3 Å². The van der Waals surface area contributed by atoms with E-state index in [1.807, 2.05) is 18.2 Å². The monoisotopic (exact) mass is 306 g/mol. The second kappa shape index (κ2) is 5.29. The van der Waals surface area contributed by atoms with Crippen LogP contribution in [0.15, 0.2) is 40.9 Å². The molecule has 0 N–H and O–H groups in total. The molecular weight excluding hydrogens is 292 g/mol. The Morgan fingerprint density at radius 2 is 2.06 bits per heavy atom. The minimum Gasteiger partial charge on any atom is -0.487 e. The summed E-state index contributed by atoms with van der Waals surface area (Å²) in [5, 5.41) is 2.41. The van der Waals surface area contributed by atoms with E-state index in [4.69, 9.17) is 9.47 Å². The largest absolute Gasteiger partial charge is 0.487 e. The van der Waals surface area contributed by atoms with Gasteiger partial charge in [-0.1, -0.05) is 30.3 Å². The number of hydrogen-bond donors (Lipinski definition) is 0. The number of ether oxygens (including phenoxy) is 2. The van der Waals surface area contributed by atoms with Crippen LogP contribution in [0.5, 0.6) is 5.75 Å². The van der Waals surface area contributed by atoms with Crippen LogP contribution in [0.4, 0.5) is 0 Å². The predicted octanol–water partition coefficient (Wildman–Crippen LogP) is 4.16. The molecule has 1 fully saturated rings. The maximum atomic E-state index is 6.02. The molecule has 1 aliphatic rings. The van der Waals surface area contributed by atoms with E-state index in [9.17, 15) is 0 Å². The Morgan fingerprint density at radius 3 is 2.89 bits per heavy atom. The van der Waals surface area contributed by atoms with Crippen LogP contribution < -0.4 is 4.74 Å². The van der Waals surface area contributed by atoms with Gasteiger partial charge >= 0.3 is 0 Å². The third-order valence-electron chi connectivity index (χ3n) is 3.24. The molecule has 1 heterocycles. The second-order valence-corrected chi connectivity index (χ2v) is 5.35. The Labute approximate surface area is 115 Å². The van der Waals surface area contributed by atoms with Gasteiger partial charge < -0.3 is 9.47 Å². The molecule has 0 spiro atoms. The van der Waals surface area contributed by atoms with E-state index in [0.29, 0.717) is 6.61 Å². The molecule has 2 aromatic carbocycles. The summed E-state index contributed by atoms with van der Waals surface area (Å²) in [4.78, 5) is 0. The standard InChI is InChI=1S/C15H15BrO2/c16-15-13-6-2-1-4-11(13)7-8-14(15)18-12-5-3-9-17-10-12/h1-2,4,6-8,12H,3,5,9-10H2. The van der Waals surface area contributed by atoms with Crippen molar-refractivity contribution in [2.24, 2.45) is 0 Å². The number of rotatable bonds is 2. The van der Waals surface area contributed by atoms with Crippen LogP contribution in [0.2, 0.25) is 0 Å². The van der Waals surface area contributed by atoms with E-state index in [-0.39, 0.29) is 6.10 Å². The lowest BCUT2D eigenvalue weighted by atomic mass is 10.1. The van der Waals surface area contributed by atoms with Crippen LogP contribution in [0.3, 0.4) is 0 Å². The summed E-state index contributed by atoms with van der Waals surface area (Å²) in [5.41, 5.74) is 0. The zero-order valence-corrected chi connectivity index (χ0v) is 11.7. The van der Waals surface area contributed by atoms with Gasteiger partial charge in [0.25, 0.3) is 0 Å². The lowest BCUT2D eigenvalue weighted by molar-refractivity contribution is 0.00718. The number of halogens is 1. The summed E-state index contributed by atoms with van der Waals surface area (Å²) in [5.74, 6) is 0.907. The summed E-state index contributed by atoms with van der Waals surface area (Å²) >= 11 is 3.64. The van der Waals surface area contributed by atoms with Gasteiger partial charge in [-0.2, -0.15) is 0 Å². The van der Waals surface area contributed by atoms with Gasteiger partial charge in [0, 0.05) is 6.61 Å². The average molecular weight is 307 g/mol. The predicted molar refractivity (Wildman–Crippen MR) is 76.1 cm³/mol. The van der Waals surface area contributed by atoms with Crippen LogP contribution in [0.25, 0.3) is 10.8 Å². The molecule has 0 bridgehead atoms. The summed E-state index contributed by atoms with van der Waals surface area (Å²) in [6, 6.07) is 12.4. The molecular formula is C15H15BrO2. The van der Waals surface area contributed by atoms with Crippen molar-refractivity contribution in [1.29, 1.82) is 0 Å². The van der Waals surface area contributed by atoms with Gasteiger partial charge in [0.15, 0.2) is 0 Å². The molecule has 94 valence electrons. The second-order valence-electron chi connectivity index (χ2n) is 4.56. The fraction of sp³-hybridized carbons (Fsp3) is 0.333. The number of hydrogen-bond acceptors (Lipinski definition) is 2. The first-order valence-electron chi connectivity index (χ1n) is 6.26. The Morgan fingerprint density at radius 1 is 1.17 bits per heavy atom. The minimum atomic E-state index is 0.177. The van der Waals surface area contributed by atoms with Gasteiger partial charge in [-0.15, -0.1) is 0 Å². The van der Waals surface area contributed by atoms with Crippen molar-refractivity contribution in [2.45, 2.75) is 18.9 Å². The molecule has 3 rings (SSSR count). The summed E-state index contributed by atoms with van der Waals surface area (Å²) in [7, 11) is 0. The Balaban J connectivity index is 1.89. The Hall–Kier alpha value is -1.06. The topological polar surface area (TPSA) is 18.5 Å². The summed E-state index contributed by atoms with van der Waals surface area (Å²) < 4.78 is 12.5. The van der Waals surface area contributed by atoms with Crippen molar-refractivity contribution in [3.05, 3.63) is 40.9 Å². The number of benzene rings is 2. The van der Waals surface area contributed by atoms with Gasteiger partial charge in [0.05, 0.1) is 11.1 Å². The lowest BCUT2D eigenvalue weighted by Gasteiger charge is -2.24. The van der Waals surface area contributed by atoms with Gasteiger partial charge in [0.1, 0.15) is 11.9 Å². The summed E-state index contributed by atoms with van der Waals surface area (Å²) in [6.07, 6.45) is 2.32. The van der Waals surface area contributed by atoms with Crippen molar-refractivity contribution < 1.29 is 9.47 Å². The maximum Gasteiger partial charge on any atom is 0.134 e. The fourth-order valence-electron chi connectivity index (χ4n) is 2.29. The van der Waals surface area contributed by atoms with E-state index >= 15 is 0 Å². The Kier molecular flexibility index (Phi) is 3.52. The van der Waals surface area contributed by atoms with Crippen molar-refractivity contribution >= 4 is 26.7 Å². The van der Waals surface area contributed by atoms with E-state index < -0.39 is 0 Å². The molecule has 0 amide bonds. The lowest BCUT2D eigenvalue weighted by Crippen LogP contribution is -2.28. The highest BCUT2D eigenvalue weighted by molar-refractivity contribution is 9.10. The quantitative estimate of drug-likeness (QED) is 0.829. The zero-order valence-electron chi connectivity index (χ0n) is 10.1. The van der Waals surface area contributed by atoms with E-state index in [2.05, 4.69) is 34.1 Å². The smallest absolute Gasteiger partial charge is 0.134 e.